The van der Waals surface area contributed by atoms with Crippen LogP contribution >= 0.6 is 0 Å². The van der Waals surface area contributed by atoms with Crippen LogP contribution in [-0.2, 0) is 6.54 Å². The Bertz CT molecular complexity index is 362. The Balaban J connectivity index is 2.29. The molecule has 1 aromatic rings. The molecule has 0 aromatic carbocycles. The SMILES string of the molecule is CCCn1ncc(OC)c1C1CCCCC1N. The number of hydrogen-bond acceptors (Lipinski definition) is 3. The zero-order chi connectivity index (χ0) is 12.3. The molecule has 4 heteroatoms. The van der Waals surface area contributed by atoms with Gasteiger partial charge in [0.15, 0.2) is 5.75 Å². The molecule has 4 nitrogen and oxygen atoms in total. The van der Waals surface area contributed by atoms with Gasteiger partial charge in [-0.3, -0.25) is 4.68 Å². The maximum absolute atomic E-state index is 6.26. The van der Waals surface area contributed by atoms with Gasteiger partial charge < -0.3 is 10.5 Å². The fourth-order valence-corrected chi connectivity index (χ4v) is 2.80. The standard InChI is InChI=1S/C13H23N3O/c1-3-8-16-13(12(17-2)9-15-16)10-6-4-5-7-11(10)14/h9-11H,3-8,14H2,1-2H3. The smallest absolute Gasteiger partial charge is 0.160 e. The van der Waals surface area contributed by atoms with E-state index in [1.54, 1.807) is 7.11 Å². The fraction of sp³-hybridized carbons (Fsp3) is 0.769. The minimum absolute atomic E-state index is 0.255. The molecule has 1 aliphatic carbocycles. The first kappa shape index (κ1) is 12.4. The zero-order valence-corrected chi connectivity index (χ0v) is 10.9. The van der Waals surface area contributed by atoms with Crippen molar-refractivity contribution in [3.63, 3.8) is 0 Å². The van der Waals surface area contributed by atoms with Crippen LogP contribution in [0.3, 0.4) is 0 Å². The Kier molecular flexibility index (Phi) is 4.05. The first-order valence-corrected chi connectivity index (χ1v) is 6.63. The van der Waals surface area contributed by atoms with Crippen molar-refractivity contribution in [1.29, 1.82) is 0 Å². The average molecular weight is 237 g/mol. The van der Waals surface area contributed by atoms with Gasteiger partial charge in [-0.25, -0.2) is 0 Å². The zero-order valence-electron chi connectivity index (χ0n) is 10.9. The summed E-state index contributed by atoms with van der Waals surface area (Å²) in [5.74, 6) is 1.31. The van der Waals surface area contributed by atoms with Crippen LogP contribution < -0.4 is 10.5 Å². The highest BCUT2D eigenvalue weighted by Crippen LogP contribution is 2.36. The molecule has 2 unspecified atom stereocenters. The summed E-state index contributed by atoms with van der Waals surface area (Å²) >= 11 is 0. The van der Waals surface area contributed by atoms with Gasteiger partial charge in [0.05, 0.1) is 19.0 Å². The van der Waals surface area contributed by atoms with E-state index in [0.29, 0.717) is 5.92 Å². The van der Waals surface area contributed by atoms with Crippen LogP contribution in [0.4, 0.5) is 0 Å². The van der Waals surface area contributed by atoms with Crippen molar-refractivity contribution >= 4 is 0 Å². The minimum atomic E-state index is 0.255. The summed E-state index contributed by atoms with van der Waals surface area (Å²) in [5.41, 5.74) is 7.47. The van der Waals surface area contributed by atoms with E-state index in [1.165, 1.54) is 18.5 Å². The van der Waals surface area contributed by atoms with Crippen molar-refractivity contribution in [2.24, 2.45) is 5.73 Å². The van der Waals surface area contributed by atoms with Gasteiger partial charge in [0.25, 0.3) is 0 Å². The molecule has 1 aliphatic rings. The highest BCUT2D eigenvalue weighted by molar-refractivity contribution is 5.30. The molecule has 2 N–H and O–H groups in total. The van der Waals surface area contributed by atoms with Crippen LogP contribution in [0, 0.1) is 0 Å². The molecule has 1 fully saturated rings. The monoisotopic (exact) mass is 237 g/mol. The van der Waals surface area contributed by atoms with E-state index < -0.39 is 0 Å². The summed E-state index contributed by atoms with van der Waals surface area (Å²) in [6.45, 7) is 3.11. The third kappa shape index (κ3) is 2.46. The van der Waals surface area contributed by atoms with Gasteiger partial charge in [-0.05, 0) is 19.3 Å². The molecule has 2 atom stereocenters. The third-order valence-electron chi connectivity index (χ3n) is 3.67. The molecule has 96 valence electrons. The molecule has 0 aliphatic heterocycles. The molecule has 0 spiro atoms. The molecule has 0 bridgehead atoms. The minimum Gasteiger partial charge on any atom is -0.493 e. The van der Waals surface area contributed by atoms with E-state index in [0.717, 1.165) is 31.6 Å². The molecule has 0 saturated heterocycles. The van der Waals surface area contributed by atoms with E-state index in [2.05, 4.69) is 16.7 Å². The van der Waals surface area contributed by atoms with Crippen molar-refractivity contribution in [3.8, 4) is 5.75 Å². The number of hydrogen-bond donors (Lipinski definition) is 1. The Hall–Kier alpha value is -1.03. The van der Waals surface area contributed by atoms with E-state index in [1.807, 2.05) is 6.20 Å². The molecule has 1 saturated carbocycles. The molecule has 0 radical (unpaired) electrons. The van der Waals surface area contributed by atoms with Gasteiger partial charge in [0.1, 0.15) is 0 Å². The molecular weight excluding hydrogens is 214 g/mol. The Labute approximate surface area is 103 Å². The lowest BCUT2D eigenvalue weighted by Gasteiger charge is -2.29. The number of nitrogens with two attached hydrogens (primary N) is 1. The first-order chi connectivity index (χ1) is 8.27. The van der Waals surface area contributed by atoms with Crippen LogP contribution in [0.5, 0.6) is 5.75 Å². The molecule has 1 heterocycles. The largest absolute Gasteiger partial charge is 0.493 e. The third-order valence-corrected chi connectivity index (χ3v) is 3.67. The maximum Gasteiger partial charge on any atom is 0.160 e. The fourth-order valence-electron chi connectivity index (χ4n) is 2.80. The summed E-state index contributed by atoms with van der Waals surface area (Å²) < 4.78 is 7.51. The number of aromatic nitrogens is 2. The second-order valence-corrected chi connectivity index (χ2v) is 4.88. The maximum atomic E-state index is 6.26. The Morgan fingerprint density at radius 1 is 1.47 bits per heavy atom. The normalized spacial score (nSPS) is 24.9. The number of nitrogens with zero attached hydrogens (tertiary/aromatic N) is 2. The van der Waals surface area contributed by atoms with Crippen molar-refractivity contribution in [3.05, 3.63) is 11.9 Å². The summed E-state index contributed by atoms with van der Waals surface area (Å²) in [6.07, 6.45) is 7.70. The summed E-state index contributed by atoms with van der Waals surface area (Å²) in [5, 5.41) is 4.42. The van der Waals surface area contributed by atoms with E-state index in [-0.39, 0.29) is 6.04 Å². The number of aryl methyl sites for hydroxylation is 1. The molecule has 1 aromatic heterocycles. The second kappa shape index (κ2) is 5.54. The summed E-state index contributed by atoms with van der Waals surface area (Å²) in [4.78, 5) is 0. The average Bonchev–Trinajstić information content (AvgIpc) is 2.73. The van der Waals surface area contributed by atoms with Crippen LogP contribution in [0.25, 0.3) is 0 Å². The predicted molar refractivity (Wildman–Crippen MR) is 68.3 cm³/mol. The lowest BCUT2D eigenvalue weighted by atomic mass is 9.82. The Morgan fingerprint density at radius 3 is 2.88 bits per heavy atom. The van der Waals surface area contributed by atoms with Gasteiger partial charge >= 0.3 is 0 Å². The number of methoxy groups -OCH3 is 1. The van der Waals surface area contributed by atoms with Crippen molar-refractivity contribution in [2.75, 3.05) is 7.11 Å². The second-order valence-electron chi connectivity index (χ2n) is 4.88. The molecule has 0 amide bonds. The topological polar surface area (TPSA) is 53.1 Å². The van der Waals surface area contributed by atoms with Gasteiger partial charge in [-0.2, -0.15) is 5.10 Å². The van der Waals surface area contributed by atoms with Crippen LogP contribution in [0.15, 0.2) is 6.20 Å². The summed E-state index contributed by atoms with van der Waals surface area (Å²) in [6, 6.07) is 0.255. The van der Waals surface area contributed by atoms with Crippen LogP contribution in [0.1, 0.15) is 50.6 Å². The number of rotatable bonds is 4. The molecular formula is C13H23N3O. The van der Waals surface area contributed by atoms with Crippen molar-refractivity contribution < 1.29 is 4.74 Å². The summed E-state index contributed by atoms with van der Waals surface area (Å²) in [7, 11) is 1.71. The lowest BCUT2D eigenvalue weighted by Crippen LogP contribution is -2.33. The number of ether oxygens (including phenoxy) is 1. The highest BCUT2D eigenvalue weighted by Gasteiger charge is 2.29. The van der Waals surface area contributed by atoms with Crippen molar-refractivity contribution in [2.45, 2.75) is 57.5 Å². The predicted octanol–water partition coefficient (Wildman–Crippen LogP) is 2.29. The van der Waals surface area contributed by atoms with Gasteiger partial charge in [0, 0.05) is 18.5 Å². The van der Waals surface area contributed by atoms with Gasteiger partial charge in [0.2, 0.25) is 0 Å². The van der Waals surface area contributed by atoms with Crippen molar-refractivity contribution in [1.82, 2.24) is 9.78 Å². The van der Waals surface area contributed by atoms with E-state index in [9.17, 15) is 0 Å². The highest BCUT2D eigenvalue weighted by atomic mass is 16.5. The van der Waals surface area contributed by atoms with Crippen LogP contribution in [-0.4, -0.2) is 22.9 Å². The Morgan fingerprint density at radius 2 is 2.24 bits per heavy atom. The molecule has 2 rings (SSSR count). The van der Waals surface area contributed by atoms with Gasteiger partial charge in [-0.15, -0.1) is 0 Å². The first-order valence-electron chi connectivity index (χ1n) is 6.63. The molecule has 17 heavy (non-hydrogen) atoms. The van der Waals surface area contributed by atoms with E-state index >= 15 is 0 Å². The lowest BCUT2D eigenvalue weighted by molar-refractivity contribution is 0.343. The van der Waals surface area contributed by atoms with Gasteiger partial charge in [-0.1, -0.05) is 19.8 Å². The quantitative estimate of drug-likeness (QED) is 0.874. The van der Waals surface area contributed by atoms with Crippen LogP contribution in [0.2, 0.25) is 0 Å². The van der Waals surface area contributed by atoms with E-state index in [4.69, 9.17) is 10.5 Å².